The van der Waals surface area contributed by atoms with E-state index in [1.807, 2.05) is 24.3 Å². The predicted octanol–water partition coefficient (Wildman–Crippen LogP) is 1.31. The van der Waals surface area contributed by atoms with Gasteiger partial charge in [0.25, 0.3) is 0 Å². The van der Waals surface area contributed by atoms with Crippen LogP contribution in [-0.4, -0.2) is 26.7 Å². The summed E-state index contributed by atoms with van der Waals surface area (Å²) in [5.74, 6) is -0.906. The molecular weight excluding hydrogens is 285 g/mol. The fraction of sp³-hybridized carbons (Fsp3) is 0.0909. The maximum absolute atomic E-state index is 11.4. The summed E-state index contributed by atoms with van der Waals surface area (Å²) in [5.41, 5.74) is 0.895. The number of amides is 1. The van der Waals surface area contributed by atoms with Gasteiger partial charge in [-0.1, -0.05) is 28.1 Å². The fourth-order valence-corrected chi connectivity index (χ4v) is 1.63. The lowest BCUT2D eigenvalue weighted by Gasteiger charge is -2.06. The Balaban J connectivity index is 3.04. The van der Waals surface area contributed by atoms with Crippen LogP contribution >= 0.6 is 15.9 Å². The van der Waals surface area contributed by atoms with Crippen LogP contribution in [0.1, 0.15) is 5.56 Å². The van der Waals surface area contributed by atoms with Crippen molar-refractivity contribution in [3.63, 3.8) is 0 Å². The molecule has 0 unspecified atom stereocenters. The molecule has 0 radical (unpaired) electrons. The lowest BCUT2D eigenvalue weighted by molar-refractivity contribution is -0.136. The summed E-state index contributed by atoms with van der Waals surface area (Å²) in [6.07, 6.45) is 1.55. The van der Waals surface area contributed by atoms with E-state index in [0.717, 1.165) is 10.0 Å². The van der Waals surface area contributed by atoms with Gasteiger partial charge in [0, 0.05) is 4.47 Å². The maximum Gasteiger partial charge on any atom is 0.354 e. The Morgan fingerprint density at radius 2 is 2.18 bits per heavy atom. The first-order chi connectivity index (χ1) is 8.02. The smallest absolute Gasteiger partial charge is 0.354 e. The van der Waals surface area contributed by atoms with Crippen molar-refractivity contribution in [1.82, 2.24) is 5.32 Å². The van der Waals surface area contributed by atoms with Crippen molar-refractivity contribution in [2.24, 2.45) is 0 Å². The second-order valence-corrected chi connectivity index (χ2v) is 4.20. The lowest BCUT2D eigenvalue weighted by Crippen LogP contribution is -2.26. The number of esters is 1. The Labute approximate surface area is 109 Å². The second kappa shape index (κ2) is 6.25. The topological polar surface area (TPSA) is 55.4 Å². The van der Waals surface area contributed by atoms with E-state index >= 15 is 0 Å². The van der Waals surface area contributed by atoms with Gasteiger partial charge >= 0.3 is 5.97 Å². The van der Waals surface area contributed by atoms with Gasteiger partial charge in [-0.2, -0.15) is 0 Å². The molecule has 17 heavy (non-hydrogen) atoms. The first-order valence-corrected chi connectivity index (χ1v) is 5.65. The molecule has 0 bridgehead atoms. The molecule has 0 aliphatic carbocycles. The number of halogens is 1. The third-order valence-electron chi connectivity index (χ3n) is 1.88. The van der Waals surface area contributed by atoms with E-state index < -0.39 is 5.97 Å². The highest BCUT2D eigenvalue weighted by Crippen LogP contribution is 2.14. The Hall–Kier alpha value is -1.56. The number of methoxy groups -OCH3 is 1. The molecule has 0 aliphatic heterocycles. The van der Waals surface area contributed by atoms with Gasteiger partial charge in [-0.25, -0.2) is 4.79 Å². The standard InChI is InChI=1S/C11H11BBrNO3/c1-17-10(15)9(14-11(12)16)6-7-3-2-4-8(13)5-7/h2-6H,12H2,1H3,(H,14,16)/b9-6+. The number of carbonyl (C=O) groups is 2. The zero-order valence-corrected chi connectivity index (χ0v) is 11.1. The first-order valence-electron chi connectivity index (χ1n) is 4.86. The van der Waals surface area contributed by atoms with Crippen LogP contribution in [0.25, 0.3) is 6.08 Å². The van der Waals surface area contributed by atoms with E-state index in [0.29, 0.717) is 0 Å². The third-order valence-corrected chi connectivity index (χ3v) is 2.37. The summed E-state index contributed by atoms with van der Waals surface area (Å²) in [4.78, 5) is 22.4. The van der Waals surface area contributed by atoms with Gasteiger partial charge in [-0.05, 0) is 23.8 Å². The minimum absolute atomic E-state index is 0.109. The lowest BCUT2D eigenvalue weighted by atomic mass is 10.1. The van der Waals surface area contributed by atoms with Crippen LogP contribution in [0.3, 0.4) is 0 Å². The van der Waals surface area contributed by atoms with Gasteiger partial charge in [0.05, 0.1) is 7.11 Å². The Kier molecular flexibility index (Phi) is 4.96. The average molecular weight is 296 g/mol. The maximum atomic E-state index is 11.4. The number of hydrogen-bond donors (Lipinski definition) is 1. The number of nitrogens with one attached hydrogen (secondary N) is 1. The summed E-state index contributed by atoms with van der Waals surface area (Å²) in [5, 5.41) is 2.43. The van der Waals surface area contributed by atoms with Crippen LogP contribution in [0.2, 0.25) is 0 Å². The molecule has 1 aromatic carbocycles. The molecule has 1 aromatic rings. The van der Waals surface area contributed by atoms with Crippen molar-refractivity contribution in [2.45, 2.75) is 0 Å². The van der Waals surface area contributed by atoms with Crippen LogP contribution in [0.5, 0.6) is 0 Å². The zero-order valence-electron chi connectivity index (χ0n) is 9.49. The Bertz CT molecular complexity index is 474. The molecule has 6 heteroatoms. The van der Waals surface area contributed by atoms with Crippen molar-refractivity contribution in [3.05, 3.63) is 40.0 Å². The van der Waals surface area contributed by atoms with Crippen molar-refractivity contribution in [1.29, 1.82) is 0 Å². The van der Waals surface area contributed by atoms with E-state index in [2.05, 4.69) is 26.0 Å². The minimum Gasteiger partial charge on any atom is -0.464 e. The molecule has 0 atom stereocenters. The second-order valence-electron chi connectivity index (χ2n) is 3.29. The molecule has 0 saturated heterocycles. The predicted molar refractivity (Wildman–Crippen MR) is 71.2 cm³/mol. The van der Waals surface area contributed by atoms with E-state index in [4.69, 9.17) is 0 Å². The summed E-state index contributed by atoms with van der Waals surface area (Å²) in [7, 11) is 2.59. The summed E-state index contributed by atoms with van der Waals surface area (Å²) in [6.45, 7) is 0. The first kappa shape index (κ1) is 13.5. The summed E-state index contributed by atoms with van der Waals surface area (Å²) < 4.78 is 5.47. The number of ether oxygens (including phenoxy) is 1. The molecular formula is C11H11BBrNO3. The fourth-order valence-electron chi connectivity index (χ4n) is 1.21. The monoisotopic (exact) mass is 295 g/mol. The van der Waals surface area contributed by atoms with Crippen molar-refractivity contribution in [3.8, 4) is 0 Å². The molecule has 0 aliphatic rings. The number of benzene rings is 1. The molecule has 0 heterocycles. The Morgan fingerprint density at radius 1 is 1.47 bits per heavy atom. The minimum atomic E-state index is -0.583. The Morgan fingerprint density at radius 3 is 2.71 bits per heavy atom. The number of carbonyl (C=O) groups excluding carboxylic acids is 2. The SMILES string of the molecule is BC(=O)N/C(=C/c1cccc(Br)c1)C(=O)OC. The highest BCUT2D eigenvalue weighted by Gasteiger charge is 2.10. The van der Waals surface area contributed by atoms with Crippen LogP contribution in [0, 0.1) is 0 Å². The van der Waals surface area contributed by atoms with E-state index in [1.165, 1.54) is 15.0 Å². The van der Waals surface area contributed by atoms with Crippen LogP contribution in [0.4, 0.5) is 4.79 Å². The van der Waals surface area contributed by atoms with Crippen LogP contribution < -0.4 is 5.32 Å². The van der Waals surface area contributed by atoms with E-state index in [1.54, 1.807) is 6.08 Å². The van der Waals surface area contributed by atoms with Gasteiger partial charge in [-0.3, -0.25) is 4.79 Å². The number of hydrogen-bond acceptors (Lipinski definition) is 3. The summed E-state index contributed by atoms with van der Waals surface area (Å²) in [6, 6.07) is 7.34. The normalized spacial score (nSPS) is 10.8. The van der Waals surface area contributed by atoms with Crippen molar-refractivity contribution in [2.75, 3.05) is 7.11 Å². The molecule has 0 spiro atoms. The third kappa shape index (κ3) is 4.44. The largest absolute Gasteiger partial charge is 0.464 e. The van der Waals surface area contributed by atoms with Crippen molar-refractivity contribution < 1.29 is 14.3 Å². The molecule has 1 amide bonds. The zero-order chi connectivity index (χ0) is 12.8. The van der Waals surface area contributed by atoms with E-state index in [9.17, 15) is 9.59 Å². The average Bonchev–Trinajstić information content (AvgIpc) is 2.26. The molecule has 4 nitrogen and oxygen atoms in total. The van der Waals surface area contributed by atoms with Crippen LogP contribution in [-0.2, 0) is 9.53 Å². The molecule has 88 valence electrons. The van der Waals surface area contributed by atoms with Gasteiger partial charge < -0.3 is 10.1 Å². The molecule has 1 rings (SSSR count). The molecule has 0 saturated carbocycles. The molecule has 0 aromatic heterocycles. The molecule has 0 fully saturated rings. The number of rotatable bonds is 3. The van der Waals surface area contributed by atoms with Crippen LogP contribution in [0.15, 0.2) is 34.4 Å². The molecule has 1 N–H and O–H groups in total. The highest BCUT2D eigenvalue weighted by atomic mass is 79.9. The van der Waals surface area contributed by atoms with E-state index in [-0.39, 0.29) is 11.5 Å². The van der Waals surface area contributed by atoms with Gasteiger partial charge in [0.2, 0.25) is 7.85 Å². The quantitative estimate of drug-likeness (QED) is 0.520. The van der Waals surface area contributed by atoms with Gasteiger partial charge in [0.1, 0.15) is 5.70 Å². The van der Waals surface area contributed by atoms with Crippen molar-refractivity contribution >= 4 is 41.6 Å². The summed E-state index contributed by atoms with van der Waals surface area (Å²) >= 11 is 3.32. The highest BCUT2D eigenvalue weighted by molar-refractivity contribution is 9.10. The van der Waals surface area contributed by atoms with Gasteiger partial charge in [-0.15, -0.1) is 0 Å². The van der Waals surface area contributed by atoms with Gasteiger partial charge in [0.15, 0.2) is 5.81 Å².